The van der Waals surface area contributed by atoms with Crippen LogP contribution in [-0.4, -0.2) is 8.75 Å². The number of fused-ring (bicyclic) bond motifs is 1. The number of rotatable bonds is 20. The Morgan fingerprint density at radius 2 is 1.05 bits per heavy atom. The minimum atomic E-state index is -0.216. The summed E-state index contributed by atoms with van der Waals surface area (Å²) in [4.78, 5) is 1.99. The summed E-state index contributed by atoms with van der Waals surface area (Å²) in [7, 11) is 0. The lowest BCUT2D eigenvalue weighted by atomic mass is 10.0. The van der Waals surface area contributed by atoms with Crippen molar-refractivity contribution in [2.24, 2.45) is 0 Å². The third kappa shape index (κ3) is 9.66. The highest BCUT2D eigenvalue weighted by Crippen LogP contribution is 2.45. The van der Waals surface area contributed by atoms with E-state index < -0.39 is 0 Å². The first kappa shape index (κ1) is 34.2. The fraction of sp³-hybridized carbons (Fsp3) is 0.588. The largest absolute Gasteiger partial charge is 0.206 e. The fourth-order valence-corrected chi connectivity index (χ4v) is 9.81. The number of unbranched alkanes of at least 4 members (excludes halogenated alkanes) is 14. The zero-order valence-electron chi connectivity index (χ0n) is 25.2. The van der Waals surface area contributed by atoms with Crippen molar-refractivity contribution < 1.29 is 4.39 Å². The average molecular weight is 757 g/mol. The Labute approximate surface area is 281 Å². The lowest BCUT2D eigenvalue weighted by Gasteiger charge is -2.06. The smallest absolute Gasteiger partial charge is 0.134 e. The lowest BCUT2D eigenvalue weighted by molar-refractivity contribution is 0.575. The number of aromatic nitrogens is 2. The average Bonchev–Trinajstić information content (AvgIpc) is 3.70. The van der Waals surface area contributed by atoms with Gasteiger partial charge in [-0.05, 0) is 86.9 Å². The predicted molar refractivity (Wildman–Crippen MR) is 192 cm³/mol. The van der Waals surface area contributed by atoms with E-state index >= 15 is 4.39 Å². The maximum absolute atomic E-state index is 15.9. The summed E-state index contributed by atoms with van der Waals surface area (Å²) >= 11 is 12.0. The molecule has 2 nitrogen and oxygen atoms in total. The summed E-state index contributed by atoms with van der Waals surface area (Å²) < 4.78 is 27.4. The molecule has 0 saturated carbocycles. The van der Waals surface area contributed by atoms with Crippen LogP contribution in [0.2, 0.25) is 0 Å². The van der Waals surface area contributed by atoms with Crippen molar-refractivity contribution in [3.05, 3.63) is 42.7 Å². The van der Waals surface area contributed by atoms with Gasteiger partial charge in [0.2, 0.25) is 0 Å². The van der Waals surface area contributed by atoms with Crippen LogP contribution in [0.5, 0.6) is 0 Å². The molecule has 230 valence electrons. The van der Waals surface area contributed by atoms with Gasteiger partial charge in [0.15, 0.2) is 0 Å². The maximum atomic E-state index is 15.9. The summed E-state index contributed by atoms with van der Waals surface area (Å²) in [5, 5.41) is 0. The fourth-order valence-electron chi connectivity index (χ4n) is 5.64. The van der Waals surface area contributed by atoms with Crippen LogP contribution in [0.3, 0.4) is 0 Å². The molecule has 0 unspecified atom stereocenters. The topological polar surface area (TPSA) is 25.8 Å². The predicted octanol–water partition coefficient (Wildman–Crippen LogP) is 14.2. The van der Waals surface area contributed by atoms with E-state index in [1.165, 1.54) is 126 Å². The molecule has 42 heavy (non-hydrogen) atoms. The summed E-state index contributed by atoms with van der Waals surface area (Å²) in [6.07, 6.45) is 23.0. The van der Waals surface area contributed by atoms with Gasteiger partial charge < -0.3 is 0 Å². The molecule has 3 aromatic heterocycles. The third-order valence-corrected chi connectivity index (χ3v) is 12.6. The molecule has 0 aliphatic rings. The quantitative estimate of drug-likeness (QED) is 0.0840. The molecular formula is C34H45Br2FN2S3. The molecule has 0 N–H and O–H groups in total. The van der Waals surface area contributed by atoms with Gasteiger partial charge in [0.05, 0.1) is 24.9 Å². The van der Waals surface area contributed by atoms with Gasteiger partial charge in [-0.25, -0.2) is 4.39 Å². The molecule has 0 aliphatic carbocycles. The van der Waals surface area contributed by atoms with Crippen molar-refractivity contribution in [3.8, 4) is 20.9 Å². The zero-order chi connectivity index (χ0) is 29.7. The monoisotopic (exact) mass is 754 g/mol. The summed E-state index contributed by atoms with van der Waals surface area (Å²) in [5.74, 6) is -0.216. The standard InChI is InChI=1S/C34H45Br2FN2S3/c1-3-5-7-9-11-13-15-17-19-24-21-28(40-33(24)35)26-23-27(37)30(32-31(26)38-42-39-32)29-22-25(34(36)41-29)20-18-16-14-12-10-8-6-4-2/h21-23H,3-20H2,1-2H3. The van der Waals surface area contributed by atoms with Crippen LogP contribution in [0, 0.1) is 5.82 Å². The van der Waals surface area contributed by atoms with Crippen LogP contribution in [0.15, 0.2) is 25.8 Å². The van der Waals surface area contributed by atoms with Gasteiger partial charge in [-0.3, -0.25) is 0 Å². The molecule has 8 heteroatoms. The van der Waals surface area contributed by atoms with Crippen molar-refractivity contribution >= 4 is 77.3 Å². The van der Waals surface area contributed by atoms with Crippen molar-refractivity contribution in [1.82, 2.24) is 8.75 Å². The molecule has 0 fully saturated rings. The second kappa shape index (κ2) is 18.3. The number of halogens is 3. The number of benzene rings is 1. The molecule has 0 aliphatic heterocycles. The molecule has 0 bridgehead atoms. The number of hydrogen-bond acceptors (Lipinski definition) is 5. The molecule has 0 radical (unpaired) electrons. The lowest BCUT2D eigenvalue weighted by Crippen LogP contribution is -1.89. The Bertz CT molecular complexity index is 1380. The molecule has 4 rings (SSSR count). The highest BCUT2D eigenvalue weighted by Gasteiger charge is 2.22. The Morgan fingerprint density at radius 1 is 0.595 bits per heavy atom. The van der Waals surface area contributed by atoms with E-state index in [-0.39, 0.29) is 5.82 Å². The number of hydrogen-bond donors (Lipinski definition) is 0. The van der Waals surface area contributed by atoms with Crippen LogP contribution in [0.1, 0.15) is 128 Å². The molecule has 4 aromatic rings. The second-order valence-electron chi connectivity index (χ2n) is 11.5. The van der Waals surface area contributed by atoms with Gasteiger partial charge in [-0.1, -0.05) is 104 Å². The highest BCUT2D eigenvalue weighted by atomic mass is 79.9. The Balaban J connectivity index is 1.40. The van der Waals surface area contributed by atoms with Gasteiger partial charge >= 0.3 is 0 Å². The Morgan fingerprint density at radius 3 is 1.60 bits per heavy atom. The van der Waals surface area contributed by atoms with Crippen LogP contribution < -0.4 is 0 Å². The van der Waals surface area contributed by atoms with Gasteiger partial charge in [0, 0.05) is 15.3 Å². The third-order valence-electron chi connectivity index (χ3n) is 8.12. The summed E-state index contributed by atoms with van der Waals surface area (Å²) in [6.45, 7) is 4.53. The van der Waals surface area contributed by atoms with E-state index in [1.807, 2.05) is 0 Å². The van der Waals surface area contributed by atoms with Crippen molar-refractivity contribution in [3.63, 3.8) is 0 Å². The number of nitrogens with zero attached hydrogens (tertiary/aromatic N) is 2. The molecule has 0 amide bonds. The Kier molecular flexibility index (Phi) is 14.9. The van der Waals surface area contributed by atoms with Gasteiger partial charge in [0.1, 0.15) is 16.9 Å². The minimum Gasteiger partial charge on any atom is -0.206 e. The van der Waals surface area contributed by atoms with E-state index in [1.54, 1.807) is 28.7 Å². The number of aryl methyl sites for hydroxylation is 2. The van der Waals surface area contributed by atoms with Crippen LogP contribution in [-0.2, 0) is 12.8 Å². The SMILES string of the molecule is CCCCCCCCCCc1cc(-c2cc(F)c(-c3cc(CCCCCCCCCC)c(Br)s3)c3nsnc23)sc1Br. The van der Waals surface area contributed by atoms with Crippen molar-refractivity contribution in [2.45, 2.75) is 129 Å². The summed E-state index contributed by atoms with van der Waals surface area (Å²) in [6, 6.07) is 6.08. The van der Waals surface area contributed by atoms with Crippen LogP contribution in [0.25, 0.3) is 31.9 Å². The van der Waals surface area contributed by atoms with E-state index in [9.17, 15) is 0 Å². The summed E-state index contributed by atoms with van der Waals surface area (Å²) in [5.41, 5.74) is 5.51. The molecule has 0 saturated heterocycles. The second-order valence-corrected chi connectivity index (χ2v) is 16.8. The van der Waals surface area contributed by atoms with E-state index in [0.717, 1.165) is 41.2 Å². The van der Waals surface area contributed by atoms with Crippen molar-refractivity contribution in [2.75, 3.05) is 0 Å². The normalized spacial score (nSPS) is 11.7. The van der Waals surface area contributed by atoms with E-state index in [4.69, 9.17) is 0 Å². The zero-order valence-corrected chi connectivity index (χ0v) is 30.8. The van der Waals surface area contributed by atoms with E-state index in [0.29, 0.717) is 11.1 Å². The van der Waals surface area contributed by atoms with Crippen LogP contribution >= 0.6 is 66.3 Å². The molecule has 3 heterocycles. The molecule has 0 atom stereocenters. The van der Waals surface area contributed by atoms with Crippen molar-refractivity contribution in [1.29, 1.82) is 0 Å². The molecular weight excluding hydrogens is 711 g/mol. The van der Waals surface area contributed by atoms with E-state index in [2.05, 4.69) is 66.6 Å². The number of thiophene rings is 2. The minimum absolute atomic E-state index is 0.216. The van der Waals surface area contributed by atoms with Gasteiger partial charge in [0.25, 0.3) is 0 Å². The maximum Gasteiger partial charge on any atom is 0.134 e. The highest BCUT2D eigenvalue weighted by molar-refractivity contribution is 9.11. The van der Waals surface area contributed by atoms with Crippen LogP contribution in [0.4, 0.5) is 4.39 Å². The van der Waals surface area contributed by atoms with Gasteiger partial charge in [-0.15, -0.1) is 22.7 Å². The first-order valence-electron chi connectivity index (χ1n) is 16.0. The van der Waals surface area contributed by atoms with Gasteiger partial charge in [-0.2, -0.15) is 8.75 Å². The Hall–Kier alpha value is -0.670. The molecule has 0 spiro atoms. The first-order chi connectivity index (χ1) is 20.5. The first-order valence-corrected chi connectivity index (χ1v) is 20.0. The molecule has 1 aromatic carbocycles.